The molecule has 1 aromatic heterocycles. The van der Waals surface area contributed by atoms with Crippen molar-refractivity contribution in [2.24, 2.45) is 0 Å². The monoisotopic (exact) mass is 506 g/mol. The van der Waals surface area contributed by atoms with E-state index >= 15 is 0 Å². The van der Waals surface area contributed by atoms with Crippen LogP contribution in [0.4, 0.5) is 0 Å². The molecule has 0 amide bonds. The van der Waals surface area contributed by atoms with Gasteiger partial charge in [0.25, 0.3) is 0 Å². The van der Waals surface area contributed by atoms with Crippen molar-refractivity contribution in [2.45, 2.75) is 43.7 Å². The molecule has 1 atom stereocenters. The predicted octanol–water partition coefficient (Wildman–Crippen LogP) is 4.35. The second kappa shape index (κ2) is 9.48. The van der Waals surface area contributed by atoms with Gasteiger partial charge in [-0.05, 0) is 62.2 Å². The van der Waals surface area contributed by atoms with Gasteiger partial charge in [0.2, 0.25) is 10.0 Å². The molecular weight excluding hydrogens is 480 g/mol. The van der Waals surface area contributed by atoms with Gasteiger partial charge in [0, 0.05) is 30.6 Å². The number of benzene rings is 2. The molecule has 10 heteroatoms. The zero-order valence-corrected chi connectivity index (χ0v) is 20.8. The molecule has 2 heterocycles. The summed E-state index contributed by atoms with van der Waals surface area (Å²) in [5.41, 5.74) is 1.55. The van der Waals surface area contributed by atoms with Gasteiger partial charge < -0.3 is 19.1 Å². The maximum absolute atomic E-state index is 13.3. The van der Waals surface area contributed by atoms with Crippen molar-refractivity contribution in [3.8, 4) is 11.5 Å². The highest BCUT2D eigenvalue weighted by Gasteiger charge is 2.35. The van der Waals surface area contributed by atoms with Gasteiger partial charge in [0.05, 0.1) is 28.6 Å². The number of fused-ring (bicyclic) bond motifs is 1. The van der Waals surface area contributed by atoms with Crippen molar-refractivity contribution in [3.05, 3.63) is 53.2 Å². The molecule has 1 fully saturated rings. The number of rotatable bonds is 8. The van der Waals surface area contributed by atoms with Gasteiger partial charge in [0.1, 0.15) is 18.0 Å². The van der Waals surface area contributed by atoms with Crippen molar-refractivity contribution in [2.75, 3.05) is 20.2 Å². The Kier molecular flexibility index (Phi) is 6.80. The zero-order valence-electron chi connectivity index (χ0n) is 19.2. The second-order valence-corrected chi connectivity index (χ2v) is 10.9. The molecule has 34 heavy (non-hydrogen) atoms. The topological polar surface area (TPSA) is 98.1 Å². The summed E-state index contributed by atoms with van der Waals surface area (Å²) in [7, 11) is -2.16. The van der Waals surface area contributed by atoms with E-state index in [2.05, 4.69) is 0 Å². The number of aliphatic carboxylic acids is 1. The number of hydrogen-bond donors (Lipinski definition) is 1. The number of carboxylic acids is 1. The average molecular weight is 507 g/mol. The lowest BCUT2D eigenvalue weighted by molar-refractivity contribution is -0.137. The molecular formula is C24H27ClN2O6S. The number of halogens is 1. The average Bonchev–Trinajstić information content (AvgIpc) is 3.38. The fourth-order valence-electron chi connectivity index (χ4n) is 4.39. The highest BCUT2D eigenvalue weighted by molar-refractivity contribution is 7.89. The molecule has 4 rings (SSSR count). The third kappa shape index (κ3) is 4.73. The number of carboxylic acid groups (broad SMARTS) is 1. The molecule has 0 radical (unpaired) electrons. The first-order valence-electron chi connectivity index (χ1n) is 10.9. The van der Waals surface area contributed by atoms with E-state index in [1.165, 1.54) is 11.4 Å². The minimum atomic E-state index is -3.68. The SMILES string of the molecule is COc1cc2c(C3CCN(S(=O)(=O)c4ccc(OC(C)C)cc4)C3)cn(CC(=O)O)c2cc1Cl. The van der Waals surface area contributed by atoms with Crippen LogP contribution >= 0.6 is 11.6 Å². The molecule has 0 aliphatic carbocycles. The number of methoxy groups -OCH3 is 1. The minimum Gasteiger partial charge on any atom is -0.495 e. The second-order valence-electron chi connectivity index (χ2n) is 8.60. The lowest BCUT2D eigenvalue weighted by Gasteiger charge is -2.17. The summed E-state index contributed by atoms with van der Waals surface area (Å²) in [5.74, 6) is 0.0272. The fourth-order valence-corrected chi connectivity index (χ4v) is 6.12. The van der Waals surface area contributed by atoms with Crippen molar-refractivity contribution in [3.63, 3.8) is 0 Å². The molecule has 1 aliphatic heterocycles. The molecule has 2 aromatic carbocycles. The summed E-state index contributed by atoms with van der Waals surface area (Å²) in [6.07, 6.45) is 2.40. The smallest absolute Gasteiger partial charge is 0.323 e. The van der Waals surface area contributed by atoms with Gasteiger partial charge in [-0.15, -0.1) is 0 Å². The molecule has 1 aliphatic rings. The van der Waals surface area contributed by atoms with Crippen LogP contribution in [0.5, 0.6) is 11.5 Å². The van der Waals surface area contributed by atoms with Crippen molar-refractivity contribution in [1.82, 2.24) is 8.87 Å². The Balaban J connectivity index is 1.63. The maximum atomic E-state index is 13.3. The number of ether oxygens (including phenoxy) is 2. The van der Waals surface area contributed by atoms with Crippen LogP contribution in [0.3, 0.4) is 0 Å². The van der Waals surface area contributed by atoms with E-state index in [4.69, 9.17) is 21.1 Å². The van der Waals surface area contributed by atoms with Crippen LogP contribution in [0.1, 0.15) is 31.7 Å². The van der Waals surface area contributed by atoms with Crippen LogP contribution in [-0.4, -0.2) is 54.7 Å². The summed E-state index contributed by atoms with van der Waals surface area (Å²) >= 11 is 6.29. The highest BCUT2D eigenvalue weighted by atomic mass is 35.5. The summed E-state index contributed by atoms with van der Waals surface area (Å²) in [5, 5.41) is 10.5. The first-order valence-corrected chi connectivity index (χ1v) is 12.8. The Labute approximate surface area is 203 Å². The van der Waals surface area contributed by atoms with E-state index in [9.17, 15) is 18.3 Å². The Morgan fingerprint density at radius 1 is 1.24 bits per heavy atom. The van der Waals surface area contributed by atoms with E-state index in [-0.39, 0.29) is 23.5 Å². The first kappa shape index (κ1) is 24.4. The quantitative estimate of drug-likeness (QED) is 0.487. The molecule has 3 aromatic rings. The zero-order chi connectivity index (χ0) is 24.6. The summed E-state index contributed by atoms with van der Waals surface area (Å²) < 4.78 is 40.6. The van der Waals surface area contributed by atoms with Gasteiger partial charge in [-0.3, -0.25) is 4.79 Å². The normalized spacial score (nSPS) is 16.9. The van der Waals surface area contributed by atoms with Gasteiger partial charge in [0.15, 0.2) is 0 Å². The molecule has 1 N–H and O–H groups in total. The van der Waals surface area contributed by atoms with Gasteiger partial charge in [-0.1, -0.05) is 11.6 Å². The van der Waals surface area contributed by atoms with E-state index in [0.717, 1.165) is 10.9 Å². The number of aromatic nitrogens is 1. The lowest BCUT2D eigenvalue weighted by atomic mass is 9.98. The Bertz CT molecular complexity index is 1320. The molecule has 182 valence electrons. The number of nitrogens with zero attached hydrogens (tertiary/aromatic N) is 2. The molecule has 1 saturated heterocycles. The van der Waals surface area contributed by atoms with Crippen LogP contribution in [0, 0.1) is 0 Å². The summed E-state index contributed by atoms with van der Waals surface area (Å²) in [6, 6.07) is 9.92. The molecule has 1 unspecified atom stereocenters. The Morgan fingerprint density at radius 3 is 2.56 bits per heavy atom. The van der Waals surface area contributed by atoms with Gasteiger partial charge in [-0.25, -0.2) is 8.42 Å². The summed E-state index contributed by atoms with van der Waals surface area (Å²) in [4.78, 5) is 11.6. The third-order valence-corrected chi connectivity index (χ3v) is 8.09. The Hall–Kier alpha value is -2.75. The first-order chi connectivity index (χ1) is 16.1. The van der Waals surface area contributed by atoms with Crippen molar-refractivity contribution < 1.29 is 27.8 Å². The maximum Gasteiger partial charge on any atom is 0.323 e. The van der Waals surface area contributed by atoms with Crippen LogP contribution in [0.2, 0.25) is 5.02 Å². The van der Waals surface area contributed by atoms with Crippen molar-refractivity contribution >= 4 is 38.5 Å². The fraction of sp³-hybridized carbons (Fsp3) is 0.375. The van der Waals surface area contributed by atoms with Crippen LogP contribution < -0.4 is 9.47 Å². The van der Waals surface area contributed by atoms with Gasteiger partial charge in [-0.2, -0.15) is 4.31 Å². The van der Waals surface area contributed by atoms with Gasteiger partial charge >= 0.3 is 5.97 Å². The lowest BCUT2D eigenvalue weighted by Crippen LogP contribution is -2.28. The standard InChI is InChI=1S/C24H27ClN2O6S/c1-15(2)33-17-4-6-18(7-5-17)34(30,31)27-9-8-16(12-27)20-13-26(14-24(28)29)22-11-21(25)23(32-3)10-19(20)22/h4-7,10-11,13,15-16H,8-9,12,14H2,1-3H3,(H,28,29). The van der Waals surface area contributed by atoms with E-state index in [1.807, 2.05) is 13.8 Å². The minimum absolute atomic E-state index is 0.00133. The number of hydrogen-bond acceptors (Lipinski definition) is 5. The largest absolute Gasteiger partial charge is 0.495 e. The molecule has 0 saturated carbocycles. The molecule has 8 nitrogen and oxygen atoms in total. The summed E-state index contributed by atoms with van der Waals surface area (Å²) in [6.45, 7) is 4.26. The van der Waals surface area contributed by atoms with Crippen LogP contribution in [0.15, 0.2) is 47.5 Å². The molecule has 0 bridgehead atoms. The third-order valence-electron chi connectivity index (χ3n) is 5.92. The van der Waals surface area contributed by atoms with E-state index < -0.39 is 16.0 Å². The Morgan fingerprint density at radius 2 is 1.94 bits per heavy atom. The highest BCUT2D eigenvalue weighted by Crippen LogP contribution is 2.39. The van der Waals surface area contributed by atoms with Crippen LogP contribution in [-0.2, 0) is 21.4 Å². The number of sulfonamides is 1. The molecule has 0 spiro atoms. The van der Waals surface area contributed by atoms with E-state index in [1.54, 1.807) is 47.2 Å². The van der Waals surface area contributed by atoms with Crippen molar-refractivity contribution in [1.29, 1.82) is 0 Å². The van der Waals surface area contributed by atoms with Crippen LogP contribution in [0.25, 0.3) is 10.9 Å². The van der Waals surface area contributed by atoms with E-state index in [0.29, 0.717) is 41.5 Å². The number of carbonyl (C=O) groups is 1. The predicted molar refractivity (Wildman–Crippen MR) is 129 cm³/mol.